The number of amides is 1. The van der Waals surface area contributed by atoms with E-state index in [2.05, 4.69) is 29.3 Å². The summed E-state index contributed by atoms with van der Waals surface area (Å²) in [4.78, 5) is 17.4. The van der Waals surface area contributed by atoms with Gasteiger partial charge in [0.2, 0.25) is 20.2 Å². The number of amidine groups is 3. The third-order valence-corrected chi connectivity index (χ3v) is 7.44. The number of para-hydroxylation sites is 1. The fourth-order valence-electron chi connectivity index (χ4n) is 3.61. The lowest BCUT2D eigenvalue weighted by molar-refractivity contribution is -0.114. The Hall–Kier alpha value is -3.44. The number of benzene rings is 2. The number of nitrogens with one attached hydrogen (secondary N) is 1. The SMILES string of the molecule is CCC(C)c1ccccc1OCCOc1ccc(/C=C2/C(=N)N3C(=NC2=O)SN=C3S(C)(=O)=O)cc1. The second-order valence-electron chi connectivity index (χ2n) is 8.29. The van der Waals surface area contributed by atoms with Crippen LogP contribution in [0.5, 0.6) is 11.5 Å². The number of nitrogens with zero attached hydrogens (tertiary/aromatic N) is 3. The van der Waals surface area contributed by atoms with Crippen LogP contribution in [0, 0.1) is 5.41 Å². The van der Waals surface area contributed by atoms with Crippen LogP contribution in [0.3, 0.4) is 0 Å². The highest BCUT2D eigenvalue weighted by molar-refractivity contribution is 8.16. The smallest absolute Gasteiger partial charge is 0.283 e. The van der Waals surface area contributed by atoms with E-state index in [4.69, 9.17) is 14.9 Å². The minimum Gasteiger partial charge on any atom is -0.490 e. The van der Waals surface area contributed by atoms with Crippen molar-refractivity contribution in [2.75, 3.05) is 19.5 Å². The number of fused-ring (bicyclic) bond motifs is 1. The molecular formula is C25H26N4O5S2. The van der Waals surface area contributed by atoms with Crippen molar-refractivity contribution in [3.05, 3.63) is 65.2 Å². The molecule has 0 bridgehead atoms. The highest BCUT2D eigenvalue weighted by atomic mass is 32.2. The maximum absolute atomic E-state index is 12.5. The minimum absolute atomic E-state index is 0.0281. The number of hydrogen-bond acceptors (Lipinski definition) is 8. The Kier molecular flexibility index (Phi) is 7.60. The zero-order valence-corrected chi connectivity index (χ0v) is 21.7. The summed E-state index contributed by atoms with van der Waals surface area (Å²) in [7, 11) is -3.69. The Labute approximate surface area is 214 Å². The molecule has 1 N–H and O–H groups in total. The topological polar surface area (TPSA) is 121 Å². The fourth-order valence-corrected chi connectivity index (χ4v) is 5.46. The summed E-state index contributed by atoms with van der Waals surface area (Å²) in [6.45, 7) is 5.07. The molecule has 0 saturated heterocycles. The Bertz CT molecular complexity index is 1380. The molecule has 36 heavy (non-hydrogen) atoms. The van der Waals surface area contributed by atoms with Gasteiger partial charge in [-0.05, 0) is 47.7 Å². The predicted octanol–water partition coefficient (Wildman–Crippen LogP) is 4.28. The molecule has 1 atom stereocenters. The van der Waals surface area contributed by atoms with Crippen LogP contribution in [-0.2, 0) is 14.6 Å². The van der Waals surface area contributed by atoms with E-state index in [0.717, 1.165) is 35.3 Å². The molecule has 0 aromatic heterocycles. The van der Waals surface area contributed by atoms with Crippen LogP contribution in [0.4, 0.5) is 0 Å². The lowest BCUT2D eigenvalue weighted by Crippen LogP contribution is -2.45. The lowest BCUT2D eigenvalue weighted by Gasteiger charge is -2.23. The molecule has 0 radical (unpaired) electrons. The van der Waals surface area contributed by atoms with Gasteiger partial charge in [-0.1, -0.05) is 44.2 Å². The molecule has 2 aliphatic rings. The van der Waals surface area contributed by atoms with E-state index in [1.165, 1.54) is 11.6 Å². The van der Waals surface area contributed by atoms with E-state index in [0.29, 0.717) is 30.4 Å². The van der Waals surface area contributed by atoms with E-state index < -0.39 is 15.7 Å². The minimum atomic E-state index is -3.69. The van der Waals surface area contributed by atoms with Gasteiger partial charge in [-0.25, -0.2) is 13.3 Å². The predicted molar refractivity (Wildman–Crippen MR) is 142 cm³/mol. The zero-order chi connectivity index (χ0) is 25.9. The van der Waals surface area contributed by atoms with Crippen molar-refractivity contribution in [2.45, 2.75) is 26.2 Å². The van der Waals surface area contributed by atoms with Crippen LogP contribution in [0.1, 0.15) is 37.3 Å². The number of aliphatic imine (C=N–C) groups is 1. The summed E-state index contributed by atoms with van der Waals surface area (Å²) in [5.41, 5.74) is 1.79. The van der Waals surface area contributed by atoms with Gasteiger partial charge in [0.15, 0.2) is 0 Å². The molecule has 0 fully saturated rings. The van der Waals surface area contributed by atoms with Crippen LogP contribution in [0.2, 0.25) is 0 Å². The van der Waals surface area contributed by atoms with Gasteiger partial charge in [0.25, 0.3) is 5.91 Å². The Morgan fingerprint density at radius 2 is 1.81 bits per heavy atom. The first-order valence-electron chi connectivity index (χ1n) is 11.3. The fraction of sp³-hybridized carbons (Fsp3) is 0.280. The Balaban J connectivity index is 1.38. The molecular weight excluding hydrogens is 500 g/mol. The molecule has 11 heteroatoms. The molecule has 1 amide bonds. The van der Waals surface area contributed by atoms with Gasteiger partial charge in [-0.3, -0.25) is 10.2 Å². The van der Waals surface area contributed by atoms with Crippen molar-refractivity contribution < 1.29 is 22.7 Å². The van der Waals surface area contributed by atoms with Crippen molar-refractivity contribution in [2.24, 2.45) is 9.39 Å². The third kappa shape index (κ3) is 5.52. The Morgan fingerprint density at radius 3 is 2.50 bits per heavy atom. The van der Waals surface area contributed by atoms with E-state index >= 15 is 0 Å². The Morgan fingerprint density at radius 1 is 1.11 bits per heavy atom. The van der Waals surface area contributed by atoms with Crippen molar-refractivity contribution in [3.63, 3.8) is 0 Å². The molecule has 0 aliphatic carbocycles. The van der Waals surface area contributed by atoms with Crippen LogP contribution in [0.15, 0.2) is 63.5 Å². The summed E-state index contributed by atoms with van der Waals surface area (Å²) in [6, 6.07) is 15.0. The van der Waals surface area contributed by atoms with Gasteiger partial charge in [0.1, 0.15) is 30.5 Å². The third-order valence-electron chi connectivity index (χ3n) is 5.69. The van der Waals surface area contributed by atoms with Crippen LogP contribution >= 0.6 is 11.9 Å². The van der Waals surface area contributed by atoms with Crippen LogP contribution < -0.4 is 9.47 Å². The van der Waals surface area contributed by atoms with Gasteiger partial charge in [0.05, 0.1) is 17.5 Å². The van der Waals surface area contributed by atoms with Gasteiger partial charge in [-0.2, -0.15) is 9.39 Å². The maximum atomic E-state index is 12.5. The zero-order valence-electron chi connectivity index (χ0n) is 20.1. The van der Waals surface area contributed by atoms with Crippen LogP contribution in [0.25, 0.3) is 6.08 Å². The standard InChI is InChI=1S/C25H26N4O5S2/c1-4-16(2)19-7-5-6-8-21(19)34-14-13-33-18-11-9-17(10-12-18)15-20-22(26)29-24(27-23(20)30)35-28-25(29)36(3,31)32/h5-12,15-16,26H,4,13-14H2,1-3H3/b20-15-,26-22?. The monoisotopic (exact) mass is 526 g/mol. The first-order valence-corrected chi connectivity index (χ1v) is 14.0. The molecule has 0 spiro atoms. The molecule has 1 unspecified atom stereocenters. The van der Waals surface area contributed by atoms with E-state index in [-0.39, 0.29) is 21.7 Å². The van der Waals surface area contributed by atoms with E-state index in [1.807, 2.05) is 18.2 Å². The highest BCUT2D eigenvalue weighted by Gasteiger charge is 2.41. The summed E-state index contributed by atoms with van der Waals surface area (Å²) in [6.07, 6.45) is 3.52. The van der Waals surface area contributed by atoms with Gasteiger partial charge in [-0.15, -0.1) is 0 Å². The second-order valence-corrected chi connectivity index (χ2v) is 10.9. The quantitative estimate of drug-likeness (QED) is 0.310. The number of ether oxygens (including phenoxy) is 2. The molecule has 188 valence electrons. The summed E-state index contributed by atoms with van der Waals surface area (Å²) in [5.74, 6) is 0.994. The molecule has 2 aromatic carbocycles. The van der Waals surface area contributed by atoms with E-state index in [9.17, 15) is 13.2 Å². The number of carbonyl (C=O) groups excluding carboxylic acids is 1. The summed E-state index contributed by atoms with van der Waals surface area (Å²) < 4.78 is 39.6. The number of hydrogen-bond donors (Lipinski definition) is 1. The number of sulfone groups is 1. The number of carbonyl (C=O) groups is 1. The summed E-state index contributed by atoms with van der Waals surface area (Å²) >= 11 is 0.759. The molecule has 9 nitrogen and oxygen atoms in total. The van der Waals surface area contributed by atoms with Gasteiger partial charge >= 0.3 is 0 Å². The van der Waals surface area contributed by atoms with Gasteiger partial charge in [0, 0.05) is 6.26 Å². The van der Waals surface area contributed by atoms with Crippen molar-refractivity contribution in [3.8, 4) is 11.5 Å². The average Bonchev–Trinajstić information content (AvgIpc) is 3.29. The van der Waals surface area contributed by atoms with Crippen molar-refractivity contribution >= 4 is 49.9 Å². The van der Waals surface area contributed by atoms with Gasteiger partial charge < -0.3 is 9.47 Å². The molecule has 4 rings (SSSR count). The lowest BCUT2D eigenvalue weighted by atomic mass is 9.98. The normalized spacial score (nSPS) is 17.5. The van der Waals surface area contributed by atoms with Crippen molar-refractivity contribution in [1.82, 2.24) is 4.90 Å². The van der Waals surface area contributed by atoms with Crippen molar-refractivity contribution in [1.29, 1.82) is 5.41 Å². The largest absolute Gasteiger partial charge is 0.490 e. The molecule has 2 heterocycles. The number of rotatable bonds is 8. The molecule has 0 saturated carbocycles. The summed E-state index contributed by atoms with van der Waals surface area (Å²) in [5, 5.41) is 8.14. The average molecular weight is 527 g/mol. The molecule has 2 aliphatic heterocycles. The molecule has 2 aromatic rings. The first kappa shape index (κ1) is 25.6. The highest BCUT2D eigenvalue weighted by Crippen LogP contribution is 2.30. The first-order chi connectivity index (χ1) is 17.2. The second kappa shape index (κ2) is 10.7. The van der Waals surface area contributed by atoms with E-state index in [1.54, 1.807) is 24.3 Å². The maximum Gasteiger partial charge on any atom is 0.283 e. The van der Waals surface area contributed by atoms with Crippen LogP contribution in [-0.4, -0.2) is 54.9 Å².